The van der Waals surface area contributed by atoms with Crippen LogP contribution >= 0.6 is 0 Å². The van der Waals surface area contributed by atoms with Gasteiger partial charge >= 0.3 is 0 Å². The van der Waals surface area contributed by atoms with Gasteiger partial charge in [-0.3, -0.25) is 4.79 Å². The maximum atomic E-state index is 12.6. The quantitative estimate of drug-likeness (QED) is 0.689. The van der Waals surface area contributed by atoms with E-state index in [1.165, 1.54) is 6.07 Å². The van der Waals surface area contributed by atoms with E-state index in [-0.39, 0.29) is 11.7 Å². The summed E-state index contributed by atoms with van der Waals surface area (Å²) >= 11 is 0. The average Bonchev–Trinajstić information content (AvgIpc) is 3.15. The monoisotopic (exact) mass is 400 g/mol. The van der Waals surface area contributed by atoms with Crippen LogP contribution in [-0.4, -0.2) is 61.3 Å². The molecule has 4 heterocycles. The zero-order valence-electron chi connectivity index (χ0n) is 15.5. The minimum atomic E-state index is -3.44. The minimum absolute atomic E-state index is 0.0262. The van der Waals surface area contributed by atoms with Gasteiger partial charge in [-0.2, -0.15) is 0 Å². The summed E-state index contributed by atoms with van der Waals surface area (Å²) in [5.74, 6) is 0.878. The molecular formula is C18H20N6O3S. The maximum Gasteiger partial charge on any atom is 0.275 e. The van der Waals surface area contributed by atoms with E-state index in [0.29, 0.717) is 42.6 Å². The van der Waals surface area contributed by atoms with E-state index in [4.69, 9.17) is 9.52 Å². The third-order valence-electron chi connectivity index (χ3n) is 4.64. The Morgan fingerprint density at radius 2 is 2.21 bits per heavy atom. The molecule has 0 unspecified atom stereocenters. The normalized spacial score (nSPS) is 19.5. The first-order valence-corrected chi connectivity index (χ1v) is 10.8. The Bertz CT molecular complexity index is 1160. The largest absolute Gasteiger partial charge is 0.377 e. The number of anilines is 1. The number of H-pyrrole nitrogens is 1. The number of fused-ring (bicyclic) bond motifs is 1. The third kappa shape index (κ3) is 3.36. The van der Waals surface area contributed by atoms with Crippen molar-refractivity contribution < 1.29 is 13.7 Å². The standard InChI is InChI=1S/C18H20N6O3S/c1-11-10-27-8-7-24(11)15-9-14(18(25)28(2,19)26)22-17(23-15)13-4-6-21-16-12(13)3-5-20-16/h3-6,9,11,19H,7-8,10H2,1-2H3,(H,20,21)/t11-,28-/m1/s1. The molecule has 0 saturated carbocycles. The van der Waals surface area contributed by atoms with Crippen LogP contribution in [0.2, 0.25) is 0 Å². The summed E-state index contributed by atoms with van der Waals surface area (Å²) in [7, 11) is -3.44. The highest BCUT2D eigenvalue weighted by Crippen LogP contribution is 2.28. The van der Waals surface area contributed by atoms with E-state index >= 15 is 0 Å². The molecule has 0 spiro atoms. The zero-order valence-corrected chi connectivity index (χ0v) is 16.3. The van der Waals surface area contributed by atoms with E-state index in [1.807, 2.05) is 17.9 Å². The van der Waals surface area contributed by atoms with Crippen LogP contribution in [0, 0.1) is 4.78 Å². The number of rotatable bonds is 3. The van der Waals surface area contributed by atoms with Gasteiger partial charge in [0.05, 0.1) is 19.3 Å². The molecule has 2 atom stereocenters. The smallest absolute Gasteiger partial charge is 0.275 e. The van der Waals surface area contributed by atoms with Gasteiger partial charge in [0.15, 0.2) is 5.82 Å². The van der Waals surface area contributed by atoms with E-state index in [9.17, 15) is 9.00 Å². The second kappa shape index (κ2) is 6.95. The number of morpholine rings is 1. The lowest BCUT2D eigenvalue weighted by Gasteiger charge is -2.34. The number of hydrogen-bond acceptors (Lipinski definition) is 8. The van der Waals surface area contributed by atoms with Gasteiger partial charge in [-0.1, -0.05) is 0 Å². The molecule has 1 saturated heterocycles. The van der Waals surface area contributed by atoms with Gasteiger partial charge in [0.1, 0.15) is 26.9 Å². The zero-order chi connectivity index (χ0) is 19.9. The van der Waals surface area contributed by atoms with Crippen LogP contribution in [-0.2, 0) is 14.5 Å². The first-order valence-electron chi connectivity index (χ1n) is 8.78. The Morgan fingerprint density at radius 3 is 2.96 bits per heavy atom. The van der Waals surface area contributed by atoms with Crippen molar-refractivity contribution in [1.29, 1.82) is 4.78 Å². The molecule has 0 aliphatic carbocycles. The van der Waals surface area contributed by atoms with Crippen molar-refractivity contribution in [2.24, 2.45) is 0 Å². The Kier molecular flexibility index (Phi) is 4.60. The van der Waals surface area contributed by atoms with Crippen molar-refractivity contribution in [3.8, 4) is 11.4 Å². The second-order valence-corrected chi connectivity index (χ2v) is 8.84. The molecule has 0 aromatic carbocycles. The van der Waals surface area contributed by atoms with Gasteiger partial charge < -0.3 is 14.6 Å². The number of aromatic amines is 1. The van der Waals surface area contributed by atoms with Crippen molar-refractivity contribution in [3.63, 3.8) is 0 Å². The summed E-state index contributed by atoms with van der Waals surface area (Å²) in [4.78, 5) is 30.9. The lowest BCUT2D eigenvalue weighted by atomic mass is 10.1. The predicted octanol–water partition coefficient (Wildman–Crippen LogP) is 2.06. The molecule has 2 N–H and O–H groups in total. The molecule has 1 fully saturated rings. The van der Waals surface area contributed by atoms with Crippen LogP contribution < -0.4 is 4.90 Å². The number of nitrogens with one attached hydrogen (secondary N) is 2. The van der Waals surface area contributed by atoms with Gasteiger partial charge in [0.25, 0.3) is 5.12 Å². The van der Waals surface area contributed by atoms with Crippen LogP contribution in [0.25, 0.3) is 22.4 Å². The van der Waals surface area contributed by atoms with Crippen molar-refractivity contribution in [2.75, 3.05) is 30.9 Å². The average molecular weight is 400 g/mol. The Labute approximate surface area is 162 Å². The molecule has 1 aliphatic rings. The van der Waals surface area contributed by atoms with Crippen molar-refractivity contribution in [3.05, 3.63) is 36.3 Å². The first-order chi connectivity index (χ1) is 13.3. The lowest BCUT2D eigenvalue weighted by Crippen LogP contribution is -2.44. The topological polar surface area (TPSA) is 125 Å². The van der Waals surface area contributed by atoms with Crippen molar-refractivity contribution >= 4 is 31.7 Å². The van der Waals surface area contributed by atoms with Gasteiger partial charge in [0.2, 0.25) is 0 Å². The van der Waals surface area contributed by atoms with Gasteiger partial charge in [-0.15, -0.1) is 0 Å². The van der Waals surface area contributed by atoms with Crippen LogP contribution in [0.3, 0.4) is 0 Å². The summed E-state index contributed by atoms with van der Waals surface area (Å²) in [5.41, 5.74) is 1.36. The first kappa shape index (κ1) is 18.5. The predicted molar refractivity (Wildman–Crippen MR) is 106 cm³/mol. The van der Waals surface area contributed by atoms with Crippen LogP contribution in [0.4, 0.5) is 5.82 Å². The minimum Gasteiger partial charge on any atom is -0.377 e. The summed E-state index contributed by atoms with van der Waals surface area (Å²) < 4.78 is 25.2. The summed E-state index contributed by atoms with van der Waals surface area (Å²) in [5, 5.41) is 0.00821. The number of pyridine rings is 1. The fourth-order valence-corrected chi connectivity index (χ4v) is 3.73. The Hall–Kier alpha value is -2.85. The third-order valence-corrected chi connectivity index (χ3v) is 5.56. The molecule has 0 amide bonds. The lowest BCUT2D eigenvalue weighted by molar-refractivity contribution is 0.0985. The molecule has 28 heavy (non-hydrogen) atoms. The molecule has 3 aromatic rings. The summed E-state index contributed by atoms with van der Waals surface area (Å²) in [6, 6.07) is 5.21. The SMILES string of the molecule is C[C@@H]1COCCN1c1cc(C(=O)[S@](C)(=N)=O)nc(-c2ccnc3[nH]ccc23)n1. The van der Waals surface area contributed by atoms with Gasteiger partial charge in [-0.05, 0) is 19.1 Å². The van der Waals surface area contributed by atoms with E-state index in [1.54, 1.807) is 18.5 Å². The number of carbonyl (C=O) groups is 1. The molecule has 1 aliphatic heterocycles. The second-order valence-electron chi connectivity index (χ2n) is 6.78. The Balaban J connectivity index is 1.91. The van der Waals surface area contributed by atoms with Crippen LogP contribution in [0.1, 0.15) is 17.4 Å². The highest BCUT2D eigenvalue weighted by molar-refractivity contribution is 8.06. The van der Waals surface area contributed by atoms with E-state index in [0.717, 1.165) is 11.6 Å². The van der Waals surface area contributed by atoms with Crippen LogP contribution in [0.5, 0.6) is 0 Å². The summed E-state index contributed by atoms with van der Waals surface area (Å²) in [6.45, 7) is 3.71. The molecular weight excluding hydrogens is 380 g/mol. The van der Waals surface area contributed by atoms with E-state index in [2.05, 4.69) is 19.9 Å². The van der Waals surface area contributed by atoms with Gasteiger partial charge in [-0.25, -0.2) is 23.9 Å². The molecule has 0 radical (unpaired) electrons. The fraction of sp³-hybridized carbons (Fsp3) is 0.333. The highest BCUT2D eigenvalue weighted by Gasteiger charge is 2.25. The number of carbonyl (C=O) groups excluding carboxylic acids is 1. The van der Waals surface area contributed by atoms with Crippen molar-refractivity contribution in [2.45, 2.75) is 13.0 Å². The summed E-state index contributed by atoms with van der Waals surface area (Å²) in [6.07, 6.45) is 4.51. The molecule has 0 bridgehead atoms. The Morgan fingerprint density at radius 1 is 1.39 bits per heavy atom. The van der Waals surface area contributed by atoms with Crippen LogP contribution in [0.15, 0.2) is 30.6 Å². The maximum absolute atomic E-state index is 12.6. The molecule has 9 nitrogen and oxygen atoms in total. The number of aromatic nitrogens is 4. The highest BCUT2D eigenvalue weighted by atomic mass is 32.2. The molecule has 3 aromatic heterocycles. The molecule has 10 heteroatoms. The van der Waals surface area contributed by atoms with Crippen molar-refractivity contribution in [1.82, 2.24) is 19.9 Å². The van der Waals surface area contributed by atoms with E-state index < -0.39 is 14.8 Å². The molecule has 146 valence electrons. The number of nitrogens with zero attached hydrogens (tertiary/aromatic N) is 4. The molecule has 4 rings (SSSR count). The fourth-order valence-electron chi connectivity index (χ4n) is 3.23. The number of ether oxygens (including phenoxy) is 1. The van der Waals surface area contributed by atoms with Gasteiger partial charge in [0, 0.05) is 42.2 Å². The number of hydrogen-bond donors (Lipinski definition) is 2.